The molecule has 1 saturated heterocycles. The number of aryl methyl sites for hydroxylation is 1. The van der Waals surface area contributed by atoms with Crippen LogP contribution in [0.25, 0.3) is 0 Å². The molecular formula is C15H28N4. The lowest BCUT2D eigenvalue weighted by Crippen LogP contribution is -2.63. The number of nitrogens with zero attached hydrogens (tertiary/aromatic N) is 3. The molecule has 0 bridgehead atoms. The molecule has 1 aromatic rings. The Morgan fingerprint density at radius 3 is 2.68 bits per heavy atom. The lowest BCUT2D eigenvalue weighted by molar-refractivity contribution is 0.0777. The normalized spacial score (nSPS) is 23.7. The van der Waals surface area contributed by atoms with E-state index in [1.807, 2.05) is 6.20 Å². The van der Waals surface area contributed by atoms with Gasteiger partial charge in [-0.3, -0.25) is 4.90 Å². The number of imidazole rings is 1. The van der Waals surface area contributed by atoms with Crippen molar-refractivity contribution in [1.29, 1.82) is 0 Å². The maximum absolute atomic E-state index is 4.29. The predicted octanol–water partition coefficient (Wildman–Crippen LogP) is 2.04. The fourth-order valence-corrected chi connectivity index (χ4v) is 2.99. The van der Waals surface area contributed by atoms with Gasteiger partial charge in [0, 0.05) is 50.2 Å². The van der Waals surface area contributed by atoms with Crippen molar-refractivity contribution in [1.82, 2.24) is 19.8 Å². The zero-order chi connectivity index (χ0) is 13.9. The Kier molecular flexibility index (Phi) is 4.63. The van der Waals surface area contributed by atoms with Crippen LogP contribution in [0.15, 0.2) is 12.4 Å². The highest BCUT2D eigenvalue weighted by molar-refractivity contribution is 4.96. The Hall–Kier alpha value is -0.870. The molecule has 1 unspecified atom stereocenters. The van der Waals surface area contributed by atoms with Crippen molar-refractivity contribution in [2.45, 2.75) is 58.7 Å². The summed E-state index contributed by atoms with van der Waals surface area (Å²) in [7, 11) is 0. The Bertz CT molecular complexity index is 395. The van der Waals surface area contributed by atoms with Crippen LogP contribution in [-0.4, -0.2) is 45.7 Å². The molecule has 19 heavy (non-hydrogen) atoms. The smallest absolute Gasteiger partial charge is 0.105 e. The summed E-state index contributed by atoms with van der Waals surface area (Å²) >= 11 is 0. The van der Waals surface area contributed by atoms with Crippen molar-refractivity contribution in [3.8, 4) is 0 Å². The van der Waals surface area contributed by atoms with Gasteiger partial charge in [-0.2, -0.15) is 0 Å². The summed E-state index contributed by atoms with van der Waals surface area (Å²) in [6, 6.07) is 0.620. The number of nitrogens with one attached hydrogen (secondary N) is 1. The molecule has 2 rings (SSSR count). The van der Waals surface area contributed by atoms with E-state index in [1.54, 1.807) is 0 Å². The topological polar surface area (TPSA) is 33.1 Å². The molecule has 0 aliphatic carbocycles. The molecule has 1 aromatic heterocycles. The van der Waals surface area contributed by atoms with Gasteiger partial charge in [0.2, 0.25) is 0 Å². The van der Waals surface area contributed by atoms with E-state index in [-0.39, 0.29) is 0 Å². The van der Waals surface area contributed by atoms with Crippen LogP contribution in [0.4, 0.5) is 0 Å². The van der Waals surface area contributed by atoms with Crippen molar-refractivity contribution in [3.05, 3.63) is 18.2 Å². The second kappa shape index (κ2) is 6.06. The largest absolute Gasteiger partial charge is 0.334 e. The van der Waals surface area contributed by atoms with Crippen molar-refractivity contribution < 1.29 is 0 Å². The molecule has 4 nitrogen and oxygen atoms in total. The Labute approximate surface area is 117 Å². The number of hydrogen-bond donors (Lipinski definition) is 1. The van der Waals surface area contributed by atoms with Crippen LogP contribution in [-0.2, 0) is 6.54 Å². The van der Waals surface area contributed by atoms with E-state index in [1.165, 1.54) is 12.8 Å². The van der Waals surface area contributed by atoms with Gasteiger partial charge in [0.15, 0.2) is 0 Å². The Morgan fingerprint density at radius 2 is 2.11 bits per heavy atom. The maximum atomic E-state index is 4.29. The first kappa shape index (κ1) is 14.5. The molecule has 2 heterocycles. The first-order valence-corrected chi connectivity index (χ1v) is 7.57. The van der Waals surface area contributed by atoms with Gasteiger partial charge < -0.3 is 9.88 Å². The standard InChI is InChI=1S/C15H28N4/c1-5-15(6-2)12-19(13(3)11-17-15)10-9-18-8-7-16-14(18)4/h7-8,13,17H,5-6,9-12H2,1-4H3. The summed E-state index contributed by atoms with van der Waals surface area (Å²) in [5.74, 6) is 1.11. The highest BCUT2D eigenvalue weighted by Crippen LogP contribution is 2.22. The van der Waals surface area contributed by atoms with Gasteiger partial charge in [-0.05, 0) is 26.7 Å². The summed E-state index contributed by atoms with van der Waals surface area (Å²) in [5, 5.41) is 3.76. The molecule has 1 atom stereocenters. The van der Waals surface area contributed by atoms with Gasteiger partial charge in [0.05, 0.1) is 0 Å². The molecule has 1 aliphatic heterocycles. The Balaban J connectivity index is 1.96. The van der Waals surface area contributed by atoms with Gasteiger partial charge in [0.1, 0.15) is 5.82 Å². The second-order valence-electron chi connectivity index (χ2n) is 5.86. The lowest BCUT2D eigenvalue weighted by atomic mass is 9.89. The molecule has 1 aliphatic rings. The Morgan fingerprint density at radius 1 is 1.37 bits per heavy atom. The number of piperazine rings is 1. The predicted molar refractivity (Wildman–Crippen MR) is 79.3 cm³/mol. The maximum Gasteiger partial charge on any atom is 0.105 e. The molecular weight excluding hydrogens is 236 g/mol. The van der Waals surface area contributed by atoms with Crippen LogP contribution in [0.2, 0.25) is 0 Å². The molecule has 0 saturated carbocycles. The van der Waals surface area contributed by atoms with E-state index >= 15 is 0 Å². The van der Waals surface area contributed by atoms with Crippen molar-refractivity contribution in [2.75, 3.05) is 19.6 Å². The van der Waals surface area contributed by atoms with Crippen LogP contribution in [0.1, 0.15) is 39.4 Å². The highest BCUT2D eigenvalue weighted by atomic mass is 15.3. The first-order chi connectivity index (χ1) is 9.10. The van der Waals surface area contributed by atoms with Crippen LogP contribution in [0.3, 0.4) is 0 Å². The summed E-state index contributed by atoms with van der Waals surface area (Å²) in [5.41, 5.74) is 0.316. The minimum atomic E-state index is 0.316. The molecule has 1 fully saturated rings. The van der Waals surface area contributed by atoms with Gasteiger partial charge in [-0.15, -0.1) is 0 Å². The van der Waals surface area contributed by atoms with Crippen molar-refractivity contribution in [2.24, 2.45) is 0 Å². The van der Waals surface area contributed by atoms with Gasteiger partial charge in [-0.25, -0.2) is 4.98 Å². The van der Waals surface area contributed by atoms with E-state index < -0.39 is 0 Å². The van der Waals surface area contributed by atoms with E-state index in [0.717, 1.165) is 32.0 Å². The highest BCUT2D eigenvalue weighted by Gasteiger charge is 2.34. The van der Waals surface area contributed by atoms with Crippen molar-refractivity contribution in [3.63, 3.8) is 0 Å². The summed E-state index contributed by atoms with van der Waals surface area (Å²) < 4.78 is 2.24. The zero-order valence-electron chi connectivity index (χ0n) is 12.8. The summed E-state index contributed by atoms with van der Waals surface area (Å²) in [6.07, 6.45) is 6.38. The molecule has 0 amide bonds. The van der Waals surface area contributed by atoms with Crippen LogP contribution < -0.4 is 5.32 Å². The third-order valence-corrected chi connectivity index (χ3v) is 4.81. The quantitative estimate of drug-likeness (QED) is 0.883. The average molecular weight is 264 g/mol. The van der Waals surface area contributed by atoms with Gasteiger partial charge >= 0.3 is 0 Å². The van der Waals surface area contributed by atoms with Crippen LogP contribution >= 0.6 is 0 Å². The molecule has 0 aromatic carbocycles. The fraction of sp³-hybridized carbons (Fsp3) is 0.800. The van der Waals surface area contributed by atoms with E-state index in [9.17, 15) is 0 Å². The van der Waals surface area contributed by atoms with Crippen LogP contribution in [0, 0.1) is 6.92 Å². The third-order valence-electron chi connectivity index (χ3n) is 4.81. The molecule has 0 radical (unpaired) electrons. The van der Waals surface area contributed by atoms with Gasteiger partial charge in [0.25, 0.3) is 0 Å². The first-order valence-electron chi connectivity index (χ1n) is 7.57. The molecule has 108 valence electrons. The minimum absolute atomic E-state index is 0.316. The lowest BCUT2D eigenvalue weighted by Gasteiger charge is -2.46. The second-order valence-corrected chi connectivity index (χ2v) is 5.86. The molecule has 4 heteroatoms. The van der Waals surface area contributed by atoms with Crippen LogP contribution in [0.5, 0.6) is 0 Å². The number of aromatic nitrogens is 2. The monoisotopic (exact) mass is 264 g/mol. The average Bonchev–Trinajstić information content (AvgIpc) is 2.84. The molecule has 0 spiro atoms. The van der Waals surface area contributed by atoms with Gasteiger partial charge in [-0.1, -0.05) is 13.8 Å². The minimum Gasteiger partial charge on any atom is -0.334 e. The number of hydrogen-bond acceptors (Lipinski definition) is 3. The van der Waals surface area contributed by atoms with E-state index in [4.69, 9.17) is 0 Å². The summed E-state index contributed by atoms with van der Waals surface area (Å²) in [6.45, 7) is 13.4. The molecule has 1 N–H and O–H groups in total. The zero-order valence-corrected chi connectivity index (χ0v) is 12.8. The fourth-order valence-electron chi connectivity index (χ4n) is 2.99. The summed E-state index contributed by atoms with van der Waals surface area (Å²) in [4.78, 5) is 6.92. The number of rotatable bonds is 5. The third kappa shape index (κ3) is 3.18. The SMILES string of the molecule is CCC1(CC)CN(CCn2ccnc2C)C(C)CN1. The van der Waals surface area contributed by atoms with E-state index in [0.29, 0.717) is 11.6 Å². The van der Waals surface area contributed by atoms with Crippen molar-refractivity contribution >= 4 is 0 Å². The van der Waals surface area contributed by atoms with E-state index in [2.05, 4.69) is 53.7 Å².